The summed E-state index contributed by atoms with van der Waals surface area (Å²) < 4.78 is 5.92. The molecule has 0 aliphatic heterocycles. The monoisotopic (exact) mass is 452 g/mol. The van der Waals surface area contributed by atoms with Gasteiger partial charge in [-0.2, -0.15) is 0 Å². The third-order valence-electron chi connectivity index (χ3n) is 3.62. The van der Waals surface area contributed by atoms with Crippen LogP contribution in [0.3, 0.4) is 0 Å². The molecule has 0 fully saturated rings. The van der Waals surface area contributed by atoms with Crippen molar-refractivity contribution in [1.29, 1.82) is 0 Å². The van der Waals surface area contributed by atoms with E-state index in [1.807, 2.05) is 6.92 Å². The number of ether oxygens (including phenoxy) is 1. The maximum absolute atomic E-state index is 12.2. The minimum atomic E-state index is -0.452. The number of halogens is 1. The number of carbonyl (C=O) groups excluding carboxylic acids is 3. The molecule has 6 nitrogen and oxygen atoms in total. The second-order valence-corrected chi connectivity index (χ2v) is 7.64. The molecule has 0 spiro atoms. The normalized spacial score (nSPS) is 10.3. The average Bonchev–Trinajstić information content (AvgIpc) is 3.05. The molecule has 0 radical (unpaired) electrons. The molecule has 0 aliphatic carbocycles. The van der Waals surface area contributed by atoms with Crippen LogP contribution in [0.4, 0.5) is 5.00 Å². The molecule has 27 heavy (non-hydrogen) atoms. The maximum Gasteiger partial charge on any atom is 0.341 e. The molecule has 1 heterocycles. The number of amides is 2. The Hall–Kier alpha value is -2.19. The van der Waals surface area contributed by atoms with E-state index in [1.165, 1.54) is 11.3 Å². The lowest BCUT2D eigenvalue weighted by Gasteiger charge is -2.07. The van der Waals surface area contributed by atoms with Crippen LogP contribution in [0.2, 0.25) is 0 Å². The van der Waals surface area contributed by atoms with Crippen molar-refractivity contribution in [3.63, 3.8) is 0 Å². The summed E-state index contributed by atoms with van der Waals surface area (Å²) in [5.74, 6) is -0.972. The van der Waals surface area contributed by atoms with Crippen LogP contribution in [0.25, 0.3) is 0 Å². The molecule has 2 amide bonds. The van der Waals surface area contributed by atoms with Gasteiger partial charge in [0.05, 0.1) is 12.2 Å². The number of anilines is 1. The van der Waals surface area contributed by atoms with Crippen LogP contribution >= 0.6 is 27.3 Å². The SMILES string of the molecule is CCOC(=O)c1cc(CC)sc1NC(=O)CCNC(=O)c1ccc(Br)cc1. The molecule has 2 rings (SSSR count). The molecule has 1 aromatic heterocycles. The fourth-order valence-electron chi connectivity index (χ4n) is 2.25. The Balaban J connectivity index is 1.90. The minimum absolute atomic E-state index is 0.101. The third kappa shape index (κ3) is 6.18. The van der Waals surface area contributed by atoms with Crippen LogP contribution in [-0.4, -0.2) is 30.9 Å². The largest absolute Gasteiger partial charge is 0.462 e. The topological polar surface area (TPSA) is 84.5 Å². The molecule has 1 aromatic carbocycles. The van der Waals surface area contributed by atoms with Crippen molar-refractivity contribution in [2.75, 3.05) is 18.5 Å². The van der Waals surface area contributed by atoms with Crippen LogP contribution in [-0.2, 0) is 16.0 Å². The van der Waals surface area contributed by atoms with E-state index in [0.717, 1.165) is 15.8 Å². The number of thiophene rings is 1. The first kappa shape index (κ1) is 21.1. The number of esters is 1. The zero-order valence-electron chi connectivity index (χ0n) is 15.1. The molecule has 144 valence electrons. The lowest BCUT2D eigenvalue weighted by molar-refractivity contribution is -0.116. The van der Waals surface area contributed by atoms with Gasteiger partial charge in [0, 0.05) is 27.9 Å². The second-order valence-electron chi connectivity index (χ2n) is 5.59. The van der Waals surface area contributed by atoms with Gasteiger partial charge in [0.15, 0.2) is 0 Å². The van der Waals surface area contributed by atoms with E-state index in [4.69, 9.17) is 4.74 Å². The maximum atomic E-state index is 12.2. The fraction of sp³-hybridized carbons (Fsp3) is 0.316. The number of benzene rings is 1. The van der Waals surface area contributed by atoms with Gasteiger partial charge in [-0.3, -0.25) is 9.59 Å². The van der Waals surface area contributed by atoms with Gasteiger partial charge < -0.3 is 15.4 Å². The second kappa shape index (κ2) is 10.2. The van der Waals surface area contributed by atoms with Crippen LogP contribution in [0, 0.1) is 0 Å². The summed E-state index contributed by atoms with van der Waals surface area (Å²) in [7, 11) is 0. The van der Waals surface area contributed by atoms with E-state index in [2.05, 4.69) is 26.6 Å². The predicted octanol–water partition coefficient (Wildman–Crippen LogP) is 4.01. The molecule has 0 saturated heterocycles. The summed E-state index contributed by atoms with van der Waals surface area (Å²) in [4.78, 5) is 37.2. The Morgan fingerprint density at radius 3 is 2.48 bits per heavy atom. The quantitative estimate of drug-likeness (QED) is 0.592. The number of hydrogen-bond acceptors (Lipinski definition) is 5. The molecule has 0 aliphatic rings. The smallest absolute Gasteiger partial charge is 0.341 e. The zero-order valence-corrected chi connectivity index (χ0v) is 17.5. The van der Waals surface area contributed by atoms with Gasteiger partial charge in [-0.15, -0.1) is 11.3 Å². The van der Waals surface area contributed by atoms with Crippen molar-refractivity contribution >= 4 is 50.1 Å². The van der Waals surface area contributed by atoms with Gasteiger partial charge in [-0.25, -0.2) is 4.79 Å². The first-order chi connectivity index (χ1) is 12.9. The Bertz CT molecular complexity index is 818. The number of aryl methyl sites for hydroxylation is 1. The first-order valence-electron chi connectivity index (χ1n) is 8.58. The van der Waals surface area contributed by atoms with Gasteiger partial charge in [-0.1, -0.05) is 22.9 Å². The molecule has 2 aromatic rings. The van der Waals surface area contributed by atoms with E-state index in [9.17, 15) is 14.4 Å². The van der Waals surface area contributed by atoms with Crippen LogP contribution in [0.5, 0.6) is 0 Å². The van der Waals surface area contributed by atoms with E-state index in [0.29, 0.717) is 16.1 Å². The van der Waals surface area contributed by atoms with Gasteiger partial charge in [-0.05, 0) is 43.7 Å². The van der Waals surface area contributed by atoms with Crippen molar-refractivity contribution in [3.8, 4) is 0 Å². The summed E-state index contributed by atoms with van der Waals surface area (Å²) in [6.07, 6.45) is 0.861. The van der Waals surface area contributed by atoms with Crippen molar-refractivity contribution in [3.05, 3.63) is 50.8 Å². The van der Waals surface area contributed by atoms with Crippen molar-refractivity contribution in [1.82, 2.24) is 5.32 Å². The van der Waals surface area contributed by atoms with Gasteiger partial charge in [0.1, 0.15) is 5.00 Å². The van der Waals surface area contributed by atoms with Crippen LogP contribution in [0.1, 0.15) is 45.9 Å². The predicted molar refractivity (Wildman–Crippen MR) is 109 cm³/mol. The highest BCUT2D eigenvalue weighted by Gasteiger charge is 2.18. The summed E-state index contributed by atoms with van der Waals surface area (Å²) in [5.41, 5.74) is 0.889. The van der Waals surface area contributed by atoms with Crippen molar-refractivity contribution in [2.45, 2.75) is 26.7 Å². The Morgan fingerprint density at radius 1 is 1.15 bits per heavy atom. The van der Waals surface area contributed by atoms with Crippen molar-refractivity contribution < 1.29 is 19.1 Å². The highest BCUT2D eigenvalue weighted by molar-refractivity contribution is 9.10. The molecule has 0 saturated carbocycles. The van der Waals surface area contributed by atoms with Gasteiger partial charge >= 0.3 is 5.97 Å². The van der Waals surface area contributed by atoms with E-state index < -0.39 is 5.97 Å². The molecular weight excluding hydrogens is 432 g/mol. The molecular formula is C19H21BrN2O4S. The van der Waals surface area contributed by atoms with E-state index in [1.54, 1.807) is 37.3 Å². The summed E-state index contributed by atoms with van der Waals surface area (Å²) in [6.45, 7) is 4.18. The Morgan fingerprint density at radius 2 is 1.85 bits per heavy atom. The first-order valence-corrected chi connectivity index (χ1v) is 10.2. The van der Waals surface area contributed by atoms with Gasteiger partial charge in [0.2, 0.25) is 5.91 Å². The highest BCUT2D eigenvalue weighted by Crippen LogP contribution is 2.29. The summed E-state index contributed by atoms with van der Waals surface area (Å²) >= 11 is 4.67. The average molecular weight is 453 g/mol. The van der Waals surface area contributed by atoms with Crippen LogP contribution in [0.15, 0.2) is 34.8 Å². The standard InChI is InChI=1S/C19H21BrN2O4S/c1-3-14-11-15(19(25)26-4-2)18(27-14)22-16(23)9-10-21-17(24)12-5-7-13(20)8-6-12/h5-8,11H,3-4,9-10H2,1-2H3,(H,21,24)(H,22,23). The molecule has 0 bridgehead atoms. The summed E-state index contributed by atoms with van der Waals surface area (Å²) in [5, 5.41) is 5.93. The number of nitrogens with one attached hydrogen (secondary N) is 2. The lowest BCUT2D eigenvalue weighted by atomic mass is 10.2. The molecule has 0 unspecified atom stereocenters. The number of carbonyl (C=O) groups is 3. The Kier molecular flexibility index (Phi) is 7.99. The molecule has 0 atom stereocenters. The highest BCUT2D eigenvalue weighted by atomic mass is 79.9. The zero-order chi connectivity index (χ0) is 19.8. The van der Waals surface area contributed by atoms with E-state index >= 15 is 0 Å². The van der Waals surface area contributed by atoms with E-state index in [-0.39, 0.29) is 31.4 Å². The van der Waals surface area contributed by atoms with Crippen LogP contribution < -0.4 is 10.6 Å². The van der Waals surface area contributed by atoms with Gasteiger partial charge in [0.25, 0.3) is 5.91 Å². The number of hydrogen-bond donors (Lipinski definition) is 2. The lowest BCUT2D eigenvalue weighted by Crippen LogP contribution is -2.27. The molecule has 8 heteroatoms. The fourth-order valence-corrected chi connectivity index (χ4v) is 3.52. The van der Waals surface area contributed by atoms with Crippen molar-refractivity contribution in [2.24, 2.45) is 0 Å². The molecule has 2 N–H and O–H groups in total. The minimum Gasteiger partial charge on any atom is -0.462 e. The summed E-state index contributed by atoms with van der Waals surface area (Å²) in [6, 6.07) is 8.70. The number of rotatable bonds is 8. The Labute approximate surface area is 170 Å². The third-order valence-corrected chi connectivity index (χ3v) is 5.35.